The van der Waals surface area contributed by atoms with E-state index in [1.807, 2.05) is 41.7 Å². The van der Waals surface area contributed by atoms with Gasteiger partial charge in [-0.3, -0.25) is 0 Å². The molecule has 53 heavy (non-hydrogen) atoms. The van der Waals surface area contributed by atoms with Crippen LogP contribution in [0.1, 0.15) is 0 Å². The van der Waals surface area contributed by atoms with Crippen molar-refractivity contribution in [2.75, 3.05) is 4.90 Å². The molecule has 0 saturated heterocycles. The van der Waals surface area contributed by atoms with Crippen LogP contribution in [0.5, 0.6) is 0 Å². The molecule has 11 aromatic rings. The molecule has 0 aliphatic heterocycles. The Morgan fingerprint density at radius 2 is 1.09 bits per heavy atom. The van der Waals surface area contributed by atoms with Crippen molar-refractivity contribution in [3.63, 3.8) is 0 Å². The van der Waals surface area contributed by atoms with Crippen molar-refractivity contribution in [1.82, 2.24) is 4.98 Å². The lowest BCUT2D eigenvalue weighted by Gasteiger charge is -2.28. The first-order valence-corrected chi connectivity index (χ1v) is 18.7. The molecule has 0 bridgehead atoms. The van der Waals surface area contributed by atoms with Gasteiger partial charge in [-0.05, 0) is 87.8 Å². The van der Waals surface area contributed by atoms with E-state index in [0.29, 0.717) is 5.89 Å². The molecule has 2 aromatic heterocycles. The minimum absolute atomic E-state index is 0.635. The van der Waals surface area contributed by atoms with E-state index in [2.05, 4.69) is 157 Å². The van der Waals surface area contributed by atoms with Gasteiger partial charge >= 0.3 is 0 Å². The smallest absolute Gasteiger partial charge is 0.227 e. The summed E-state index contributed by atoms with van der Waals surface area (Å²) in [6.45, 7) is 0. The molecule has 3 nitrogen and oxygen atoms in total. The van der Waals surface area contributed by atoms with Gasteiger partial charge in [0.1, 0.15) is 5.52 Å². The molecule has 0 radical (unpaired) electrons. The summed E-state index contributed by atoms with van der Waals surface area (Å²) in [4.78, 5) is 7.34. The zero-order valence-corrected chi connectivity index (χ0v) is 29.3. The van der Waals surface area contributed by atoms with Gasteiger partial charge in [0.2, 0.25) is 5.89 Å². The normalized spacial score (nSPS) is 11.8. The first-order chi connectivity index (χ1) is 26.3. The number of aromatic nitrogens is 1. The third kappa shape index (κ3) is 4.84. The van der Waals surface area contributed by atoms with Gasteiger partial charge in [0.05, 0.1) is 5.69 Å². The molecule has 0 spiro atoms. The van der Waals surface area contributed by atoms with Crippen LogP contribution in [0, 0.1) is 0 Å². The quantitative estimate of drug-likeness (QED) is 0.168. The number of oxazole rings is 1. The lowest BCUT2D eigenvalue weighted by Crippen LogP contribution is -2.11. The average molecular weight is 695 g/mol. The number of hydrogen-bond donors (Lipinski definition) is 0. The summed E-state index contributed by atoms with van der Waals surface area (Å²) in [6, 6.07) is 65.2. The Bertz CT molecular complexity index is 3180. The number of benzene rings is 9. The van der Waals surface area contributed by atoms with E-state index in [1.165, 1.54) is 47.5 Å². The second kappa shape index (κ2) is 11.9. The van der Waals surface area contributed by atoms with Crippen LogP contribution in [0.2, 0.25) is 0 Å². The molecule has 0 aliphatic carbocycles. The lowest BCUT2D eigenvalue weighted by atomic mass is 9.95. The topological polar surface area (TPSA) is 29.3 Å². The fraction of sp³-hybridized carbons (Fsp3) is 0. The zero-order valence-electron chi connectivity index (χ0n) is 28.5. The summed E-state index contributed by atoms with van der Waals surface area (Å²) in [5.41, 5.74) is 8.34. The first-order valence-electron chi connectivity index (χ1n) is 17.9. The van der Waals surface area contributed by atoms with E-state index in [-0.39, 0.29) is 0 Å². The van der Waals surface area contributed by atoms with Gasteiger partial charge < -0.3 is 9.32 Å². The Hall–Kier alpha value is -6.75. The maximum atomic E-state index is 6.60. The highest BCUT2D eigenvalue weighted by Crippen LogP contribution is 2.45. The fourth-order valence-corrected chi connectivity index (χ4v) is 9.08. The number of thiophene rings is 1. The summed E-state index contributed by atoms with van der Waals surface area (Å²) in [6.07, 6.45) is 0. The van der Waals surface area contributed by atoms with Crippen LogP contribution in [-0.2, 0) is 0 Å². The standard InChI is InChI=1S/C49H30N2OS/c1-3-11-31(12-4-1)38-15-7-9-17-43(38)51(37-25-28-45-41(30-37)40-16-8-10-18-44(40)53-45)36-24-26-39-35(29-36)22-21-32-19-20-33-23-27-42-48(47(33)46(32)39)52-49(50-42)34-13-5-2-6-14-34/h1-30H. The van der Waals surface area contributed by atoms with Crippen molar-refractivity contribution in [2.24, 2.45) is 0 Å². The van der Waals surface area contributed by atoms with Crippen LogP contribution in [0.25, 0.3) is 86.2 Å². The summed E-state index contributed by atoms with van der Waals surface area (Å²) < 4.78 is 9.19. The summed E-state index contributed by atoms with van der Waals surface area (Å²) in [5, 5.41) is 9.47. The van der Waals surface area contributed by atoms with Gasteiger partial charge in [0.15, 0.2) is 5.58 Å². The molecule has 9 aromatic carbocycles. The molecular weight excluding hydrogens is 665 g/mol. The van der Waals surface area contributed by atoms with Crippen molar-refractivity contribution >= 4 is 92.0 Å². The third-order valence-corrected chi connectivity index (χ3v) is 11.6. The Kier molecular flexibility index (Phi) is 6.73. The monoisotopic (exact) mass is 694 g/mol. The van der Waals surface area contributed by atoms with Crippen LogP contribution < -0.4 is 4.90 Å². The van der Waals surface area contributed by atoms with E-state index >= 15 is 0 Å². The minimum Gasteiger partial charge on any atom is -0.435 e. The summed E-state index contributed by atoms with van der Waals surface area (Å²) in [7, 11) is 0. The lowest BCUT2D eigenvalue weighted by molar-refractivity contribution is 0.623. The molecule has 2 heterocycles. The second-order valence-corrected chi connectivity index (χ2v) is 14.6. The predicted molar refractivity (Wildman–Crippen MR) is 225 cm³/mol. The molecular formula is C49H30N2OS. The molecule has 0 atom stereocenters. The maximum absolute atomic E-state index is 6.60. The van der Waals surface area contributed by atoms with E-state index in [4.69, 9.17) is 9.40 Å². The van der Waals surface area contributed by atoms with Gasteiger partial charge in [-0.1, -0.05) is 121 Å². The van der Waals surface area contributed by atoms with Crippen molar-refractivity contribution in [2.45, 2.75) is 0 Å². The average Bonchev–Trinajstić information content (AvgIpc) is 3.83. The number of hydrogen-bond acceptors (Lipinski definition) is 4. The number of para-hydroxylation sites is 1. The predicted octanol–water partition coefficient (Wildman–Crippen LogP) is 14.5. The van der Waals surface area contributed by atoms with Gasteiger partial charge in [0, 0.05) is 53.4 Å². The number of nitrogens with zero attached hydrogens (tertiary/aromatic N) is 2. The largest absolute Gasteiger partial charge is 0.435 e. The molecule has 0 saturated carbocycles. The number of rotatable bonds is 5. The molecule has 0 unspecified atom stereocenters. The molecule has 0 aliphatic rings. The first kappa shape index (κ1) is 29.9. The van der Waals surface area contributed by atoms with Crippen molar-refractivity contribution in [1.29, 1.82) is 0 Å². The van der Waals surface area contributed by atoms with E-state index in [1.54, 1.807) is 0 Å². The Labute approximate surface area is 309 Å². The van der Waals surface area contributed by atoms with Crippen LogP contribution in [0.3, 0.4) is 0 Å². The zero-order chi connectivity index (χ0) is 34.9. The van der Waals surface area contributed by atoms with E-state index in [9.17, 15) is 0 Å². The number of fused-ring (bicyclic) bond motifs is 10. The van der Waals surface area contributed by atoms with Gasteiger partial charge in [-0.2, -0.15) is 0 Å². The maximum Gasteiger partial charge on any atom is 0.227 e. The van der Waals surface area contributed by atoms with Crippen LogP contribution >= 0.6 is 11.3 Å². The van der Waals surface area contributed by atoms with Crippen molar-refractivity contribution in [3.05, 3.63) is 182 Å². The van der Waals surface area contributed by atoms with Crippen LogP contribution in [0.4, 0.5) is 17.1 Å². The molecule has 0 fully saturated rings. The van der Waals surface area contributed by atoms with E-state index < -0.39 is 0 Å². The Balaban J connectivity index is 1.16. The van der Waals surface area contributed by atoms with Crippen molar-refractivity contribution < 1.29 is 4.42 Å². The van der Waals surface area contributed by atoms with Gasteiger partial charge in [-0.25, -0.2) is 4.98 Å². The minimum atomic E-state index is 0.635. The highest BCUT2D eigenvalue weighted by molar-refractivity contribution is 7.25. The third-order valence-electron chi connectivity index (χ3n) is 10.4. The highest BCUT2D eigenvalue weighted by atomic mass is 32.1. The highest BCUT2D eigenvalue weighted by Gasteiger charge is 2.20. The SMILES string of the molecule is c1ccc(-c2nc3ccc4ccc5ccc6cc(N(c7ccc8sc9ccccc9c8c7)c7ccccc7-c7ccccc7)ccc6c5c4c3o2)cc1. The van der Waals surface area contributed by atoms with Crippen LogP contribution in [-0.4, -0.2) is 4.98 Å². The van der Waals surface area contributed by atoms with Gasteiger partial charge in [0.25, 0.3) is 0 Å². The second-order valence-electron chi connectivity index (χ2n) is 13.5. The summed E-state index contributed by atoms with van der Waals surface area (Å²) >= 11 is 1.85. The van der Waals surface area contributed by atoms with E-state index in [0.717, 1.165) is 49.9 Å². The van der Waals surface area contributed by atoms with Gasteiger partial charge in [-0.15, -0.1) is 11.3 Å². The van der Waals surface area contributed by atoms with Crippen molar-refractivity contribution in [3.8, 4) is 22.6 Å². The fourth-order valence-electron chi connectivity index (χ4n) is 7.99. The molecule has 4 heteroatoms. The molecule has 248 valence electrons. The van der Waals surface area contributed by atoms with Crippen LogP contribution in [0.15, 0.2) is 186 Å². The molecule has 0 amide bonds. The number of anilines is 3. The molecule has 11 rings (SSSR count). The molecule has 0 N–H and O–H groups in total. The Morgan fingerprint density at radius 3 is 1.94 bits per heavy atom. The summed E-state index contributed by atoms with van der Waals surface area (Å²) in [5.74, 6) is 0.635. The Morgan fingerprint density at radius 1 is 0.453 bits per heavy atom.